The summed E-state index contributed by atoms with van der Waals surface area (Å²) in [5.41, 5.74) is -1.16. The molecule has 2 unspecified atom stereocenters. The minimum absolute atomic E-state index is 0.0142. The summed E-state index contributed by atoms with van der Waals surface area (Å²) >= 11 is 8.57. The maximum atomic E-state index is 14.7. The molecule has 3 saturated carbocycles. The maximum Gasteiger partial charge on any atom is 0.408 e. The molecule has 3 heterocycles. The number of nitrogens with zero attached hydrogens (tertiary/aromatic N) is 3. The molecule has 7 rings (SSSR count). The zero-order chi connectivity index (χ0) is 41.7. The first-order valence-corrected chi connectivity index (χ1v) is 21.8. The second kappa shape index (κ2) is 16.7. The van der Waals surface area contributed by atoms with E-state index in [1.54, 1.807) is 24.9 Å². The Labute approximate surface area is 348 Å². The highest BCUT2D eigenvalue weighted by atomic mass is 35.5. The number of ether oxygens (including phenoxy) is 4. The number of carboxylic acid groups (broad SMARTS) is 1. The van der Waals surface area contributed by atoms with Crippen molar-refractivity contribution in [3.05, 3.63) is 28.9 Å². The Morgan fingerprint density at radius 2 is 1.81 bits per heavy atom. The molecule has 2 aliphatic heterocycles. The number of amides is 3. The topological polar surface area (TPSA) is 178 Å². The molecule has 2 aromatic rings. The molecular weight excluding hydrogens is 786 g/mol. The highest BCUT2D eigenvalue weighted by molar-refractivity contribution is 8.14. The van der Waals surface area contributed by atoms with Crippen LogP contribution < -0.4 is 20.1 Å². The molecule has 0 bridgehead atoms. The van der Waals surface area contributed by atoms with Gasteiger partial charge in [-0.25, -0.2) is 14.6 Å². The number of carboxylic acids is 1. The number of halogens is 1. The minimum atomic E-state index is -1.41. The van der Waals surface area contributed by atoms with Crippen LogP contribution in [0.5, 0.6) is 11.5 Å². The molecule has 3 aliphatic carbocycles. The molecule has 16 heteroatoms. The lowest BCUT2D eigenvalue weighted by molar-refractivity contribution is -0.146. The number of aliphatic carboxylic acids is 1. The fourth-order valence-electron chi connectivity index (χ4n) is 8.66. The predicted molar refractivity (Wildman–Crippen MR) is 221 cm³/mol. The number of thioether (sulfide) groups is 1. The third-order valence-electron chi connectivity index (χ3n) is 12.4. The largest absolute Gasteiger partial charge is 0.490 e. The van der Waals surface area contributed by atoms with E-state index in [-0.39, 0.29) is 37.6 Å². The van der Waals surface area contributed by atoms with Crippen LogP contribution in [0.25, 0.3) is 10.9 Å². The fourth-order valence-corrected chi connectivity index (χ4v) is 10.2. The van der Waals surface area contributed by atoms with E-state index in [9.17, 15) is 24.3 Å². The Bertz CT molecular complexity index is 1960. The zero-order valence-corrected chi connectivity index (χ0v) is 35.9. The molecular formula is C42H56ClN5O9S. The Balaban J connectivity index is 1.20. The number of rotatable bonds is 15. The van der Waals surface area contributed by atoms with Gasteiger partial charge in [-0.15, -0.1) is 11.8 Å². The number of pyridine rings is 1. The average molecular weight is 842 g/mol. The lowest BCUT2D eigenvalue weighted by atomic mass is 9.85. The number of aliphatic imine (C=N–C) groups is 1. The van der Waals surface area contributed by atoms with Crippen LogP contribution in [0.2, 0.25) is 5.02 Å². The minimum Gasteiger partial charge on any atom is -0.490 e. The number of fused-ring (bicyclic) bond motifs is 2. The second-order valence-corrected chi connectivity index (χ2v) is 19.3. The van der Waals surface area contributed by atoms with Crippen LogP contribution in [0.1, 0.15) is 85.8 Å². The van der Waals surface area contributed by atoms with Gasteiger partial charge < -0.3 is 39.6 Å². The Morgan fingerprint density at radius 3 is 2.43 bits per heavy atom. The van der Waals surface area contributed by atoms with E-state index in [0.29, 0.717) is 70.3 Å². The first-order chi connectivity index (χ1) is 27.5. The third-order valence-corrected chi connectivity index (χ3v) is 13.8. The Hall–Kier alpha value is -3.82. The van der Waals surface area contributed by atoms with Crippen LogP contribution in [0, 0.1) is 29.1 Å². The molecule has 1 aromatic heterocycles. The zero-order valence-electron chi connectivity index (χ0n) is 34.3. The SMILES string of the molecule is CC[C@@H]1C[C@]1(NC(=O)[C@@H]1C[C@@H](Oc2cc(C3=NC(C(C)C)CS3)nc3c(Cl)c(OCCOC)ccc23)CN1C(=O)C(NC(=O)O[C@@H]1C[C@@H]2C[C@@H]2C1)C(C)(C)C)C(=O)O. The van der Waals surface area contributed by atoms with Crippen molar-refractivity contribution in [1.82, 2.24) is 20.5 Å². The van der Waals surface area contributed by atoms with Gasteiger partial charge in [0.25, 0.3) is 0 Å². The summed E-state index contributed by atoms with van der Waals surface area (Å²) in [4.78, 5) is 66.1. The van der Waals surface area contributed by atoms with Gasteiger partial charge in [0.2, 0.25) is 11.8 Å². The highest BCUT2D eigenvalue weighted by Gasteiger charge is 2.61. The number of hydrogen-bond acceptors (Lipinski definition) is 11. The van der Waals surface area contributed by atoms with Crippen LogP contribution in [-0.4, -0.2) is 112 Å². The lowest BCUT2D eigenvalue weighted by Crippen LogP contribution is -2.59. The van der Waals surface area contributed by atoms with Gasteiger partial charge in [-0.05, 0) is 66.9 Å². The highest BCUT2D eigenvalue weighted by Crippen LogP contribution is 2.52. The number of nitrogens with one attached hydrogen (secondary N) is 2. The molecule has 3 N–H and O–H groups in total. The van der Waals surface area contributed by atoms with Crippen molar-refractivity contribution >= 4 is 63.2 Å². The Kier molecular flexibility index (Phi) is 12.2. The Morgan fingerprint density at radius 1 is 1.07 bits per heavy atom. The fraction of sp³-hybridized carbons (Fsp3) is 0.667. The molecule has 0 radical (unpaired) electrons. The van der Waals surface area contributed by atoms with Gasteiger partial charge >= 0.3 is 12.1 Å². The van der Waals surface area contributed by atoms with E-state index in [4.69, 9.17) is 40.5 Å². The van der Waals surface area contributed by atoms with Crippen LogP contribution in [0.4, 0.5) is 4.79 Å². The molecule has 4 fully saturated rings. The molecule has 5 aliphatic rings. The average Bonchev–Trinajstić information content (AvgIpc) is 3.81. The molecule has 316 valence electrons. The lowest BCUT2D eigenvalue weighted by Gasteiger charge is -2.35. The molecule has 0 spiro atoms. The van der Waals surface area contributed by atoms with Crippen molar-refractivity contribution in [2.75, 3.05) is 32.6 Å². The first kappa shape index (κ1) is 42.3. The summed E-state index contributed by atoms with van der Waals surface area (Å²) in [6, 6.07) is 3.34. The van der Waals surface area contributed by atoms with Crippen molar-refractivity contribution in [2.24, 2.45) is 34.1 Å². The van der Waals surface area contributed by atoms with Crippen LogP contribution in [-0.2, 0) is 23.9 Å². The molecule has 9 atom stereocenters. The molecule has 14 nitrogen and oxygen atoms in total. The summed E-state index contributed by atoms with van der Waals surface area (Å²) in [5.74, 6) is 0.798. The van der Waals surface area contributed by atoms with Gasteiger partial charge in [-0.1, -0.05) is 59.6 Å². The van der Waals surface area contributed by atoms with Crippen LogP contribution in [0.15, 0.2) is 23.2 Å². The van der Waals surface area contributed by atoms with Gasteiger partial charge in [0.05, 0.1) is 30.4 Å². The van der Waals surface area contributed by atoms with E-state index in [1.165, 1.54) is 11.3 Å². The normalized spacial score (nSPS) is 29.2. The van der Waals surface area contributed by atoms with E-state index >= 15 is 0 Å². The standard InChI is InChI=1S/C42H56ClN5O9S/c1-8-24-18-42(24,39(51)52)47-36(49)30-16-26(19-48(30)38(50)35(41(4,5)6)46-40(53)57-25-14-22-13-23(22)15-25)56-32-17-28(37-45-29(20-58-37)21(2)3)44-34-27(32)9-10-31(33(34)43)55-12-11-54-7/h9-10,17,21-26,29-30,35H,8,11-16,18-20H2,1-7H3,(H,46,53)(H,47,49)(H,51,52)/t22-,23+,24-,25+,26-,29?,30+,35?,42-/m1/s1. The van der Waals surface area contributed by atoms with E-state index in [2.05, 4.69) is 24.5 Å². The van der Waals surface area contributed by atoms with Crippen LogP contribution in [0.3, 0.4) is 0 Å². The number of aromatic nitrogens is 1. The predicted octanol–water partition coefficient (Wildman–Crippen LogP) is 6.09. The van der Waals surface area contributed by atoms with Crippen molar-refractivity contribution in [1.29, 1.82) is 0 Å². The monoisotopic (exact) mass is 841 g/mol. The second-order valence-electron chi connectivity index (χ2n) is 17.9. The summed E-state index contributed by atoms with van der Waals surface area (Å²) in [5, 5.41) is 17.5. The van der Waals surface area contributed by atoms with E-state index < -0.39 is 53.0 Å². The summed E-state index contributed by atoms with van der Waals surface area (Å²) < 4.78 is 23.6. The van der Waals surface area contributed by atoms with Gasteiger partial charge in [0, 0.05) is 30.7 Å². The number of alkyl carbamates (subject to hydrolysis) is 1. The van der Waals surface area contributed by atoms with E-state index in [1.807, 2.05) is 39.8 Å². The molecule has 3 amide bonds. The van der Waals surface area contributed by atoms with Crippen molar-refractivity contribution < 1.29 is 43.2 Å². The van der Waals surface area contributed by atoms with Crippen molar-refractivity contribution in [3.63, 3.8) is 0 Å². The van der Waals surface area contributed by atoms with Gasteiger partial charge in [-0.2, -0.15) is 0 Å². The van der Waals surface area contributed by atoms with E-state index in [0.717, 1.165) is 23.6 Å². The number of methoxy groups -OCH3 is 1. The number of benzene rings is 1. The first-order valence-electron chi connectivity index (χ1n) is 20.5. The van der Waals surface area contributed by atoms with Gasteiger partial charge in [0.15, 0.2) is 0 Å². The third kappa shape index (κ3) is 8.72. The van der Waals surface area contributed by atoms with Crippen molar-refractivity contribution in [3.8, 4) is 11.5 Å². The maximum absolute atomic E-state index is 14.7. The summed E-state index contributed by atoms with van der Waals surface area (Å²) in [6.45, 7) is 12.3. The van der Waals surface area contributed by atoms with Crippen LogP contribution >= 0.6 is 23.4 Å². The van der Waals surface area contributed by atoms with Gasteiger partial charge in [-0.3, -0.25) is 14.6 Å². The number of carbonyl (C=O) groups excluding carboxylic acids is 3. The molecule has 1 aromatic carbocycles. The van der Waals surface area contributed by atoms with Gasteiger partial charge in [0.1, 0.15) is 58.0 Å². The molecule has 1 saturated heterocycles. The van der Waals surface area contributed by atoms with Crippen molar-refractivity contribution in [2.45, 2.75) is 116 Å². The number of likely N-dealkylation sites (tertiary alicyclic amines) is 1. The summed E-state index contributed by atoms with van der Waals surface area (Å²) in [6.07, 6.45) is 2.19. The summed E-state index contributed by atoms with van der Waals surface area (Å²) in [7, 11) is 1.59. The number of carbonyl (C=O) groups is 4. The number of hydrogen-bond donors (Lipinski definition) is 3. The smallest absolute Gasteiger partial charge is 0.408 e. The molecule has 58 heavy (non-hydrogen) atoms. The quantitative estimate of drug-likeness (QED) is 0.177.